The fourth-order valence-corrected chi connectivity index (χ4v) is 1.24. The SMILES string of the molecule is Cc1ccc(C(=O)C(C)N)cc1OC(F)F. The standard InChI is InChI=1S/C11H13F2NO2/c1-6-3-4-8(10(15)7(2)14)5-9(6)16-11(12)13/h3-5,7,11H,14H2,1-2H3. The summed E-state index contributed by atoms with van der Waals surface area (Å²) in [6.45, 7) is 0.257. The van der Waals surface area contributed by atoms with Crippen molar-refractivity contribution in [1.29, 1.82) is 0 Å². The highest BCUT2D eigenvalue weighted by Crippen LogP contribution is 2.22. The van der Waals surface area contributed by atoms with E-state index in [1.807, 2.05) is 0 Å². The average molecular weight is 229 g/mol. The number of rotatable bonds is 4. The van der Waals surface area contributed by atoms with Gasteiger partial charge in [0.05, 0.1) is 6.04 Å². The van der Waals surface area contributed by atoms with E-state index in [4.69, 9.17) is 5.73 Å². The number of Topliss-reactive ketones (excluding diaryl/α,β-unsaturated/α-hetero) is 1. The molecule has 1 aromatic rings. The van der Waals surface area contributed by atoms with Crippen LogP contribution >= 0.6 is 0 Å². The minimum atomic E-state index is -2.90. The number of nitrogens with two attached hydrogens (primary N) is 1. The van der Waals surface area contributed by atoms with E-state index in [2.05, 4.69) is 4.74 Å². The molecule has 0 aliphatic heterocycles. The Kier molecular flexibility index (Phi) is 3.95. The van der Waals surface area contributed by atoms with Crippen LogP contribution in [0.4, 0.5) is 8.78 Å². The molecular formula is C11H13F2NO2. The number of ketones is 1. The molecule has 0 aliphatic carbocycles. The Bertz CT molecular complexity index is 392. The van der Waals surface area contributed by atoms with Crippen LogP contribution in [0.2, 0.25) is 0 Å². The second-order valence-corrected chi connectivity index (χ2v) is 3.51. The molecule has 1 rings (SSSR count). The predicted octanol–water partition coefficient (Wildman–Crippen LogP) is 2.13. The van der Waals surface area contributed by atoms with Gasteiger partial charge in [0, 0.05) is 5.56 Å². The molecule has 0 bridgehead atoms. The molecule has 1 atom stereocenters. The zero-order valence-corrected chi connectivity index (χ0v) is 9.04. The smallest absolute Gasteiger partial charge is 0.387 e. The van der Waals surface area contributed by atoms with Gasteiger partial charge >= 0.3 is 6.61 Å². The van der Waals surface area contributed by atoms with E-state index in [0.717, 1.165) is 0 Å². The van der Waals surface area contributed by atoms with Gasteiger partial charge < -0.3 is 10.5 Å². The number of halogens is 2. The fourth-order valence-electron chi connectivity index (χ4n) is 1.24. The number of ether oxygens (including phenoxy) is 1. The molecule has 2 N–H and O–H groups in total. The second kappa shape index (κ2) is 5.03. The quantitative estimate of drug-likeness (QED) is 0.804. The Hall–Kier alpha value is -1.49. The lowest BCUT2D eigenvalue weighted by molar-refractivity contribution is -0.0503. The van der Waals surface area contributed by atoms with Gasteiger partial charge in [-0.1, -0.05) is 12.1 Å². The molecule has 0 aromatic heterocycles. The fraction of sp³-hybridized carbons (Fsp3) is 0.364. The summed E-state index contributed by atoms with van der Waals surface area (Å²) in [5, 5.41) is 0. The Morgan fingerprint density at radius 3 is 2.56 bits per heavy atom. The molecule has 0 radical (unpaired) electrons. The maximum absolute atomic E-state index is 12.1. The lowest BCUT2D eigenvalue weighted by Crippen LogP contribution is -2.26. The molecule has 0 aliphatic rings. The summed E-state index contributed by atoms with van der Waals surface area (Å²) in [5.74, 6) is -0.305. The van der Waals surface area contributed by atoms with Crippen molar-refractivity contribution in [3.05, 3.63) is 29.3 Å². The van der Waals surface area contributed by atoms with E-state index in [0.29, 0.717) is 5.56 Å². The summed E-state index contributed by atoms with van der Waals surface area (Å²) < 4.78 is 28.4. The molecule has 1 unspecified atom stereocenters. The number of benzene rings is 1. The lowest BCUT2D eigenvalue weighted by atomic mass is 10.0. The van der Waals surface area contributed by atoms with Gasteiger partial charge in [-0.2, -0.15) is 8.78 Å². The minimum Gasteiger partial charge on any atom is -0.435 e. The van der Waals surface area contributed by atoms with Gasteiger partial charge in [-0.3, -0.25) is 4.79 Å². The maximum atomic E-state index is 12.1. The lowest BCUT2D eigenvalue weighted by Gasteiger charge is -2.10. The van der Waals surface area contributed by atoms with Gasteiger partial charge in [0.2, 0.25) is 0 Å². The molecule has 0 amide bonds. The van der Waals surface area contributed by atoms with E-state index < -0.39 is 12.7 Å². The molecule has 5 heteroatoms. The van der Waals surface area contributed by atoms with Crippen LogP contribution in [0.25, 0.3) is 0 Å². The second-order valence-electron chi connectivity index (χ2n) is 3.51. The maximum Gasteiger partial charge on any atom is 0.387 e. The van der Waals surface area contributed by atoms with Crippen molar-refractivity contribution in [2.24, 2.45) is 5.73 Å². The Morgan fingerprint density at radius 2 is 2.06 bits per heavy atom. The zero-order valence-electron chi connectivity index (χ0n) is 9.04. The third kappa shape index (κ3) is 3.00. The molecule has 1 aromatic carbocycles. The van der Waals surface area contributed by atoms with Crippen molar-refractivity contribution in [2.45, 2.75) is 26.5 Å². The predicted molar refractivity (Wildman–Crippen MR) is 55.8 cm³/mol. The average Bonchev–Trinajstić information content (AvgIpc) is 2.19. The Morgan fingerprint density at radius 1 is 1.44 bits per heavy atom. The van der Waals surface area contributed by atoms with E-state index in [-0.39, 0.29) is 17.1 Å². The van der Waals surface area contributed by atoms with Crippen molar-refractivity contribution < 1.29 is 18.3 Å². The largest absolute Gasteiger partial charge is 0.435 e. The van der Waals surface area contributed by atoms with E-state index in [1.165, 1.54) is 13.0 Å². The van der Waals surface area contributed by atoms with Gasteiger partial charge in [0.1, 0.15) is 5.75 Å². The number of hydrogen-bond donors (Lipinski definition) is 1. The Labute approximate surface area is 92.2 Å². The molecular weight excluding hydrogens is 216 g/mol. The van der Waals surface area contributed by atoms with Crippen LogP contribution in [-0.2, 0) is 0 Å². The van der Waals surface area contributed by atoms with E-state index >= 15 is 0 Å². The molecule has 3 nitrogen and oxygen atoms in total. The first-order valence-electron chi connectivity index (χ1n) is 4.77. The van der Waals surface area contributed by atoms with Crippen molar-refractivity contribution in [1.82, 2.24) is 0 Å². The van der Waals surface area contributed by atoms with Crippen LogP contribution in [0.3, 0.4) is 0 Å². The summed E-state index contributed by atoms with van der Waals surface area (Å²) >= 11 is 0. The third-order valence-corrected chi connectivity index (χ3v) is 2.10. The number of carbonyl (C=O) groups excluding carboxylic acids is 1. The first-order chi connectivity index (χ1) is 7.41. The summed E-state index contributed by atoms with van der Waals surface area (Å²) in [6.07, 6.45) is 0. The summed E-state index contributed by atoms with van der Waals surface area (Å²) in [6, 6.07) is 3.71. The summed E-state index contributed by atoms with van der Waals surface area (Å²) in [5.41, 5.74) is 6.24. The molecule has 88 valence electrons. The highest BCUT2D eigenvalue weighted by Gasteiger charge is 2.14. The summed E-state index contributed by atoms with van der Waals surface area (Å²) in [4.78, 5) is 11.5. The minimum absolute atomic E-state index is 0.00139. The third-order valence-electron chi connectivity index (χ3n) is 2.10. The van der Waals surface area contributed by atoms with E-state index in [1.54, 1.807) is 19.1 Å². The van der Waals surface area contributed by atoms with Gasteiger partial charge in [0.15, 0.2) is 5.78 Å². The first-order valence-corrected chi connectivity index (χ1v) is 4.77. The molecule has 0 saturated carbocycles. The topological polar surface area (TPSA) is 52.3 Å². The van der Waals surface area contributed by atoms with Gasteiger partial charge in [-0.25, -0.2) is 0 Å². The van der Waals surface area contributed by atoms with Crippen LogP contribution in [0.5, 0.6) is 5.75 Å². The number of alkyl halides is 2. The van der Waals surface area contributed by atoms with Crippen molar-refractivity contribution in [3.8, 4) is 5.75 Å². The highest BCUT2D eigenvalue weighted by atomic mass is 19.3. The zero-order chi connectivity index (χ0) is 12.3. The van der Waals surface area contributed by atoms with Gasteiger partial charge in [-0.15, -0.1) is 0 Å². The number of aryl methyl sites for hydroxylation is 1. The van der Waals surface area contributed by atoms with Gasteiger partial charge in [0.25, 0.3) is 0 Å². The van der Waals surface area contributed by atoms with Crippen molar-refractivity contribution >= 4 is 5.78 Å². The van der Waals surface area contributed by atoms with Crippen molar-refractivity contribution in [3.63, 3.8) is 0 Å². The van der Waals surface area contributed by atoms with Crippen LogP contribution in [0.15, 0.2) is 18.2 Å². The van der Waals surface area contributed by atoms with Crippen molar-refractivity contribution in [2.75, 3.05) is 0 Å². The van der Waals surface area contributed by atoms with Crippen LogP contribution in [0.1, 0.15) is 22.8 Å². The molecule has 0 heterocycles. The molecule has 0 fully saturated rings. The number of carbonyl (C=O) groups is 1. The highest BCUT2D eigenvalue weighted by molar-refractivity contribution is 6.00. The monoisotopic (exact) mass is 229 g/mol. The Balaban J connectivity index is 3.02. The van der Waals surface area contributed by atoms with E-state index in [9.17, 15) is 13.6 Å². The van der Waals surface area contributed by atoms with Crippen LogP contribution in [-0.4, -0.2) is 18.4 Å². The molecule has 0 spiro atoms. The van der Waals surface area contributed by atoms with Crippen LogP contribution < -0.4 is 10.5 Å². The first kappa shape index (κ1) is 12.6. The molecule has 16 heavy (non-hydrogen) atoms. The van der Waals surface area contributed by atoms with Crippen LogP contribution in [0, 0.1) is 6.92 Å². The number of hydrogen-bond acceptors (Lipinski definition) is 3. The molecule has 0 saturated heterocycles. The van der Waals surface area contributed by atoms with Gasteiger partial charge in [-0.05, 0) is 25.5 Å². The summed E-state index contributed by atoms with van der Waals surface area (Å²) in [7, 11) is 0. The normalized spacial score (nSPS) is 12.6.